The Morgan fingerprint density at radius 2 is 1.67 bits per heavy atom. The first-order valence-electron chi connectivity index (χ1n) is 7.71. The van der Waals surface area contributed by atoms with Crippen LogP contribution in [0.4, 0.5) is 5.69 Å². The fourth-order valence-corrected chi connectivity index (χ4v) is 3.02. The Balaban J connectivity index is 1.75. The number of nitrogens with zero attached hydrogens (tertiary/aromatic N) is 1. The summed E-state index contributed by atoms with van der Waals surface area (Å²) in [4.78, 5) is 24.5. The molecule has 24 heavy (non-hydrogen) atoms. The molecule has 5 heteroatoms. The number of carbonyl (C=O) groups is 2. The zero-order valence-electron chi connectivity index (χ0n) is 13.2. The number of halogens is 1. The van der Waals surface area contributed by atoms with Gasteiger partial charge >= 0.3 is 0 Å². The summed E-state index contributed by atoms with van der Waals surface area (Å²) in [5, 5.41) is 0. The van der Waals surface area contributed by atoms with E-state index in [-0.39, 0.29) is 11.8 Å². The fourth-order valence-electron chi connectivity index (χ4n) is 2.52. The maximum atomic E-state index is 11.7. The van der Waals surface area contributed by atoms with Gasteiger partial charge in [0.05, 0.1) is 10.2 Å². The molecule has 1 aliphatic rings. The molecule has 1 heterocycles. The van der Waals surface area contributed by atoms with Crippen LogP contribution >= 0.6 is 15.9 Å². The van der Waals surface area contributed by atoms with Crippen LogP contribution in [0, 0.1) is 0 Å². The second-order valence-electron chi connectivity index (χ2n) is 5.46. The van der Waals surface area contributed by atoms with Crippen LogP contribution < -0.4 is 9.64 Å². The highest BCUT2D eigenvalue weighted by atomic mass is 79.9. The molecule has 1 aliphatic heterocycles. The number of hydrogen-bond acceptors (Lipinski definition) is 3. The van der Waals surface area contributed by atoms with Crippen molar-refractivity contribution in [1.29, 1.82) is 0 Å². The molecule has 0 unspecified atom stereocenters. The van der Waals surface area contributed by atoms with E-state index in [4.69, 9.17) is 4.74 Å². The quantitative estimate of drug-likeness (QED) is 0.705. The summed E-state index contributed by atoms with van der Waals surface area (Å²) in [6.07, 6.45) is 4.65. The molecule has 0 N–H and O–H groups in total. The second-order valence-corrected chi connectivity index (χ2v) is 6.31. The Hall–Kier alpha value is -2.40. The molecule has 0 atom stereocenters. The molecule has 2 amide bonds. The molecule has 0 bridgehead atoms. The number of rotatable bonds is 5. The third-order valence-corrected chi connectivity index (χ3v) is 4.29. The number of hydrogen-bond donors (Lipinski definition) is 0. The minimum absolute atomic E-state index is 0.331. The number of anilines is 1. The van der Waals surface area contributed by atoms with Crippen LogP contribution in [0.15, 0.2) is 59.1 Å². The van der Waals surface area contributed by atoms with Gasteiger partial charge in [-0.1, -0.05) is 19.4 Å². The van der Waals surface area contributed by atoms with Crippen LogP contribution in [0.2, 0.25) is 0 Å². The van der Waals surface area contributed by atoms with Crippen molar-refractivity contribution in [2.24, 2.45) is 0 Å². The highest BCUT2D eigenvalue weighted by Crippen LogP contribution is 2.32. The average Bonchev–Trinajstić information content (AvgIpc) is 2.90. The van der Waals surface area contributed by atoms with Crippen molar-refractivity contribution in [2.75, 3.05) is 4.90 Å². The molecule has 3 rings (SSSR count). The van der Waals surface area contributed by atoms with E-state index in [1.165, 1.54) is 17.7 Å². The van der Waals surface area contributed by atoms with E-state index in [9.17, 15) is 9.59 Å². The van der Waals surface area contributed by atoms with E-state index in [0.717, 1.165) is 28.0 Å². The van der Waals surface area contributed by atoms with Crippen molar-refractivity contribution < 1.29 is 14.3 Å². The minimum Gasteiger partial charge on any atom is -0.456 e. The number of benzene rings is 2. The third kappa shape index (κ3) is 3.41. The molecular formula is C19H16BrNO3. The van der Waals surface area contributed by atoms with Gasteiger partial charge in [0, 0.05) is 12.2 Å². The van der Waals surface area contributed by atoms with Crippen molar-refractivity contribution in [3.63, 3.8) is 0 Å². The van der Waals surface area contributed by atoms with Crippen LogP contribution in [0.5, 0.6) is 11.5 Å². The van der Waals surface area contributed by atoms with E-state index >= 15 is 0 Å². The average molecular weight is 386 g/mol. The molecule has 0 aromatic heterocycles. The molecular weight excluding hydrogens is 370 g/mol. The predicted octanol–water partition coefficient (Wildman–Crippen LogP) is 4.62. The molecule has 0 spiro atoms. The molecule has 2 aromatic carbocycles. The van der Waals surface area contributed by atoms with Gasteiger partial charge in [0.25, 0.3) is 11.8 Å². The first-order chi connectivity index (χ1) is 11.6. The highest BCUT2D eigenvalue weighted by molar-refractivity contribution is 9.10. The first-order valence-corrected chi connectivity index (χ1v) is 8.50. The number of aryl methyl sites for hydroxylation is 1. The van der Waals surface area contributed by atoms with Crippen molar-refractivity contribution in [3.05, 3.63) is 64.7 Å². The van der Waals surface area contributed by atoms with Gasteiger partial charge in [-0.3, -0.25) is 9.59 Å². The lowest BCUT2D eigenvalue weighted by Crippen LogP contribution is -2.29. The maximum Gasteiger partial charge on any atom is 0.258 e. The van der Waals surface area contributed by atoms with Gasteiger partial charge in [-0.15, -0.1) is 0 Å². The standard InChI is InChI=1S/C19H16BrNO3/c1-2-3-13-4-9-17(16(20)12-13)24-15-7-5-14(6-8-15)21-18(22)10-11-19(21)23/h4-12H,2-3H2,1H3. The summed E-state index contributed by atoms with van der Waals surface area (Å²) in [7, 11) is 0. The summed E-state index contributed by atoms with van der Waals surface area (Å²) in [5.41, 5.74) is 1.78. The molecule has 0 radical (unpaired) electrons. The monoisotopic (exact) mass is 385 g/mol. The number of ether oxygens (including phenoxy) is 1. The number of imide groups is 1. The smallest absolute Gasteiger partial charge is 0.258 e. The van der Waals surface area contributed by atoms with Gasteiger partial charge in [-0.25, -0.2) is 4.90 Å². The summed E-state index contributed by atoms with van der Waals surface area (Å²) in [6, 6.07) is 12.9. The Kier molecular flexibility index (Phi) is 4.81. The second kappa shape index (κ2) is 7.01. The first kappa shape index (κ1) is 16.5. The van der Waals surface area contributed by atoms with Crippen LogP contribution in [0.25, 0.3) is 0 Å². The maximum absolute atomic E-state index is 11.7. The van der Waals surface area contributed by atoms with E-state index in [1.807, 2.05) is 12.1 Å². The zero-order chi connectivity index (χ0) is 17.1. The lowest BCUT2D eigenvalue weighted by molar-refractivity contribution is -0.119. The van der Waals surface area contributed by atoms with Gasteiger partial charge in [-0.2, -0.15) is 0 Å². The van der Waals surface area contributed by atoms with Gasteiger partial charge in [0.2, 0.25) is 0 Å². The van der Waals surface area contributed by atoms with E-state index in [1.54, 1.807) is 24.3 Å². The zero-order valence-corrected chi connectivity index (χ0v) is 14.7. The number of amides is 2. The van der Waals surface area contributed by atoms with Crippen LogP contribution in [0.3, 0.4) is 0 Å². The summed E-state index contributed by atoms with van der Waals surface area (Å²) in [5.74, 6) is 0.693. The lowest BCUT2D eigenvalue weighted by atomic mass is 10.1. The third-order valence-electron chi connectivity index (χ3n) is 3.67. The van der Waals surface area contributed by atoms with E-state index in [0.29, 0.717) is 11.4 Å². The SMILES string of the molecule is CCCc1ccc(Oc2ccc(N3C(=O)C=CC3=O)cc2)c(Br)c1. The topological polar surface area (TPSA) is 46.6 Å². The minimum atomic E-state index is -0.331. The Morgan fingerprint density at radius 1 is 1.00 bits per heavy atom. The van der Waals surface area contributed by atoms with E-state index in [2.05, 4.69) is 28.9 Å². The predicted molar refractivity (Wildman–Crippen MR) is 96.3 cm³/mol. The molecule has 0 saturated heterocycles. The Morgan fingerprint density at radius 3 is 2.25 bits per heavy atom. The molecule has 2 aromatic rings. The van der Waals surface area contributed by atoms with Crippen molar-refractivity contribution in [1.82, 2.24) is 0 Å². The molecule has 0 aliphatic carbocycles. The van der Waals surface area contributed by atoms with Crippen molar-refractivity contribution in [3.8, 4) is 11.5 Å². The van der Waals surface area contributed by atoms with Crippen LogP contribution in [-0.4, -0.2) is 11.8 Å². The van der Waals surface area contributed by atoms with Crippen molar-refractivity contribution >= 4 is 33.4 Å². The molecule has 0 fully saturated rings. The molecule has 4 nitrogen and oxygen atoms in total. The van der Waals surface area contributed by atoms with Gasteiger partial charge in [-0.05, 0) is 64.3 Å². The molecule has 122 valence electrons. The Bertz CT molecular complexity index is 794. The lowest BCUT2D eigenvalue weighted by Gasteiger charge is -2.14. The van der Waals surface area contributed by atoms with E-state index < -0.39 is 0 Å². The summed E-state index contributed by atoms with van der Waals surface area (Å²) < 4.78 is 6.76. The van der Waals surface area contributed by atoms with Gasteiger partial charge in [0.1, 0.15) is 11.5 Å². The fraction of sp³-hybridized carbons (Fsp3) is 0.158. The van der Waals surface area contributed by atoms with Gasteiger partial charge in [0.15, 0.2) is 0 Å². The molecule has 0 saturated carbocycles. The van der Waals surface area contributed by atoms with Gasteiger partial charge < -0.3 is 4.74 Å². The number of carbonyl (C=O) groups excluding carboxylic acids is 2. The highest BCUT2D eigenvalue weighted by Gasteiger charge is 2.24. The Labute approximate surface area is 148 Å². The van der Waals surface area contributed by atoms with Crippen LogP contribution in [0.1, 0.15) is 18.9 Å². The summed E-state index contributed by atoms with van der Waals surface area (Å²) in [6.45, 7) is 2.14. The van der Waals surface area contributed by atoms with Crippen LogP contribution in [-0.2, 0) is 16.0 Å². The largest absolute Gasteiger partial charge is 0.456 e. The normalized spacial score (nSPS) is 13.7. The summed E-state index contributed by atoms with van der Waals surface area (Å²) >= 11 is 3.53. The van der Waals surface area contributed by atoms with Crippen molar-refractivity contribution in [2.45, 2.75) is 19.8 Å².